The first-order valence-electron chi connectivity index (χ1n) is 9.22. The third kappa shape index (κ3) is 3.48. The van der Waals surface area contributed by atoms with Gasteiger partial charge in [0.25, 0.3) is 5.56 Å². The van der Waals surface area contributed by atoms with Gasteiger partial charge in [-0.15, -0.1) is 0 Å². The normalized spacial score (nSPS) is 20.8. The van der Waals surface area contributed by atoms with Crippen LogP contribution in [0.4, 0.5) is 0 Å². The van der Waals surface area contributed by atoms with E-state index in [0.717, 1.165) is 23.2 Å². The molecular formula is C19H28N4O2. The summed E-state index contributed by atoms with van der Waals surface area (Å²) in [5, 5.41) is 6.80. The predicted octanol–water partition coefficient (Wildman–Crippen LogP) is 2.51. The van der Waals surface area contributed by atoms with Crippen LogP contribution in [0.2, 0.25) is 0 Å². The molecule has 2 aromatic heterocycles. The molecule has 2 heterocycles. The zero-order valence-corrected chi connectivity index (χ0v) is 15.6. The van der Waals surface area contributed by atoms with Crippen LogP contribution in [0.3, 0.4) is 0 Å². The van der Waals surface area contributed by atoms with Crippen molar-refractivity contribution in [2.24, 2.45) is 13.0 Å². The lowest BCUT2D eigenvalue weighted by molar-refractivity contribution is -0.122. The molecule has 6 nitrogen and oxygen atoms in total. The molecule has 0 aliphatic heterocycles. The molecule has 3 rings (SSSR count). The lowest BCUT2D eigenvalue weighted by atomic mass is 9.86. The minimum atomic E-state index is -0.0678. The molecule has 2 unspecified atom stereocenters. The first-order chi connectivity index (χ1) is 11.9. The molecule has 1 aliphatic carbocycles. The molecule has 1 saturated carbocycles. The zero-order chi connectivity index (χ0) is 18.1. The third-order valence-electron chi connectivity index (χ3n) is 5.63. The summed E-state index contributed by atoms with van der Waals surface area (Å²) < 4.78 is 1.45. The lowest BCUT2D eigenvalue weighted by Gasteiger charge is -2.29. The van der Waals surface area contributed by atoms with Gasteiger partial charge < -0.3 is 5.32 Å². The van der Waals surface area contributed by atoms with E-state index >= 15 is 0 Å². The van der Waals surface area contributed by atoms with Gasteiger partial charge in [0, 0.05) is 25.2 Å². The molecule has 0 aromatic carbocycles. The second-order valence-corrected chi connectivity index (χ2v) is 7.44. The second-order valence-electron chi connectivity index (χ2n) is 7.44. The van der Waals surface area contributed by atoms with Crippen LogP contribution in [0.5, 0.6) is 0 Å². The molecular weight excluding hydrogens is 316 g/mol. The van der Waals surface area contributed by atoms with E-state index in [-0.39, 0.29) is 11.5 Å². The summed E-state index contributed by atoms with van der Waals surface area (Å²) >= 11 is 0. The van der Waals surface area contributed by atoms with Crippen molar-refractivity contribution in [3.05, 3.63) is 27.2 Å². The highest BCUT2D eigenvalue weighted by Crippen LogP contribution is 2.24. The Morgan fingerprint density at radius 1 is 1.32 bits per heavy atom. The lowest BCUT2D eigenvalue weighted by Crippen LogP contribution is -2.41. The summed E-state index contributed by atoms with van der Waals surface area (Å²) in [5.74, 6) is 0.654. The van der Waals surface area contributed by atoms with Crippen LogP contribution >= 0.6 is 0 Å². The first-order valence-corrected chi connectivity index (χ1v) is 9.22. The van der Waals surface area contributed by atoms with Crippen molar-refractivity contribution in [3.8, 4) is 0 Å². The Labute approximate surface area is 148 Å². The number of hydrogen-bond donors (Lipinski definition) is 2. The van der Waals surface area contributed by atoms with Gasteiger partial charge in [0.15, 0.2) is 5.65 Å². The van der Waals surface area contributed by atoms with Crippen LogP contribution in [-0.4, -0.2) is 26.7 Å². The molecule has 0 spiro atoms. The van der Waals surface area contributed by atoms with Crippen molar-refractivity contribution in [2.45, 2.75) is 65.3 Å². The van der Waals surface area contributed by atoms with Crippen LogP contribution in [0.1, 0.15) is 55.8 Å². The van der Waals surface area contributed by atoms with E-state index in [0.29, 0.717) is 35.8 Å². The minimum Gasteiger partial charge on any atom is -0.353 e. The first kappa shape index (κ1) is 17.7. The summed E-state index contributed by atoms with van der Waals surface area (Å²) in [4.78, 5) is 29.2. The molecule has 0 saturated heterocycles. The maximum Gasteiger partial charge on any atom is 0.276 e. The van der Waals surface area contributed by atoms with E-state index in [1.54, 1.807) is 7.05 Å². The van der Waals surface area contributed by atoms with Gasteiger partial charge in [0.1, 0.15) is 0 Å². The number of nitrogens with one attached hydrogen (secondary N) is 2. The molecule has 0 radical (unpaired) electrons. The number of H-pyrrole nitrogens is 1. The fourth-order valence-electron chi connectivity index (χ4n) is 4.03. The van der Waals surface area contributed by atoms with Crippen LogP contribution < -0.4 is 10.9 Å². The summed E-state index contributed by atoms with van der Waals surface area (Å²) in [7, 11) is 1.69. The zero-order valence-electron chi connectivity index (χ0n) is 15.6. The van der Waals surface area contributed by atoms with Gasteiger partial charge in [0.05, 0.1) is 5.39 Å². The van der Waals surface area contributed by atoms with E-state index in [4.69, 9.17) is 0 Å². The highest BCUT2D eigenvalue weighted by molar-refractivity contribution is 5.80. The Morgan fingerprint density at radius 2 is 2.04 bits per heavy atom. The number of pyridine rings is 1. The standard InChI is InChI=1S/C19H28N4O2/c1-11-7-5-6-8-15(11)21-16(24)10-9-14-12(2)17-18(20-13(14)3)22-23(4)19(17)25/h11,15H,5-10H2,1-4H3,(H,20,22)(H,21,24). The number of rotatable bonds is 4. The average Bonchev–Trinajstić information content (AvgIpc) is 2.83. The van der Waals surface area contributed by atoms with E-state index in [1.165, 1.54) is 23.9 Å². The predicted molar refractivity (Wildman–Crippen MR) is 98.7 cm³/mol. The number of aryl methyl sites for hydroxylation is 3. The topological polar surface area (TPSA) is 79.8 Å². The minimum absolute atomic E-state index is 0.0678. The van der Waals surface area contributed by atoms with E-state index in [1.807, 2.05) is 13.8 Å². The van der Waals surface area contributed by atoms with E-state index in [9.17, 15) is 9.59 Å². The molecule has 136 valence electrons. The van der Waals surface area contributed by atoms with Gasteiger partial charge in [-0.05, 0) is 50.2 Å². The Kier molecular flexibility index (Phi) is 4.97. The van der Waals surface area contributed by atoms with E-state index in [2.05, 4.69) is 22.3 Å². The fraction of sp³-hybridized carbons (Fsp3) is 0.632. The monoisotopic (exact) mass is 344 g/mol. The third-order valence-corrected chi connectivity index (χ3v) is 5.63. The van der Waals surface area contributed by atoms with Gasteiger partial charge >= 0.3 is 0 Å². The molecule has 0 bridgehead atoms. The number of hydrogen-bond acceptors (Lipinski definition) is 3. The Bertz CT molecular complexity index is 849. The van der Waals surface area contributed by atoms with Crippen molar-refractivity contribution >= 4 is 16.9 Å². The number of aromatic amines is 1. The molecule has 2 atom stereocenters. The molecule has 1 aliphatic rings. The summed E-state index contributed by atoms with van der Waals surface area (Å²) in [6.07, 6.45) is 5.79. The van der Waals surface area contributed by atoms with Gasteiger partial charge in [-0.25, -0.2) is 4.98 Å². The Morgan fingerprint density at radius 3 is 2.76 bits per heavy atom. The van der Waals surface area contributed by atoms with Crippen LogP contribution in [0, 0.1) is 19.8 Å². The number of nitrogens with zero attached hydrogens (tertiary/aromatic N) is 2. The Balaban J connectivity index is 1.73. The quantitative estimate of drug-likeness (QED) is 0.894. The summed E-state index contributed by atoms with van der Waals surface area (Å²) in [5.41, 5.74) is 3.37. The number of carbonyl (C=O) groups excluding carboxylic acids is 1. The van der Waals surface area contributed by atoms with Gasteiger partial charge in [0.2, 0.25) is 5.91 Å². The number of aromatic nitrogens is 3. The van der Waals surface area contributed by atoms with Crippen molar-refractivity contribution in [3.63, 3.8) is 0 Å². The van der Waals surface area contributed by atoms with Crippen molar-refractivity contribution in [2.75, 3.05) is 0 Å². The number of fused-ring (bicyclic) bond motifs is 1. The SMILES string of the molecule is Cc1nc2[nH]n(C)c(=O)c2c(C)c1CCC(=O)NC1CCCCC1C. The van der Waals surface area contributed by atoms with Crippen molar-refractivity contribution in [1.29, 1.82) is 0 Å². The molecule has 1 fully saturated rings. The van der Waals surface area contributed by atoms with Crippen molar-refractivity contribution in [1.82, 2.24) is 20.1 Å². The molecule has 2 N–H and O–H groups in total. The van der Waals surface area contributed by atoms with Crippen LogP contribution in [0.15, 0.2) is 4.79 Å². The number of amides is 1. The van der Waals surface area contributed by atoms with Crippen molar-refractivity contribution < 1.29 is 4.79 Å². The highest BCUT2D eigenvalue weighted by Gasteiger charge is 2.23. The highest BCUT2D eigenvalue weighted by atomic mass is 16.1. The van der Waals surface area contributed by atoms with E-state index < -0.39 is 0 Å². The number of carbonyl (C=O) groups is 1. The average molecular weight is 344 g/mol. The molecule has 2 aromatic rings. The Hall–Kier alpha value is -2.11. The molecule has 6 heteroatoms. The summed E-state index contributed by atoms with van der Waals surface area (Å²) in [6, 6.07) is 0.306. The largest absolute Gasteiger partial charge is 0.353 e. The van der Waals surface area contributed by atoms with Crippen LogP contribution in [-0.2, 0) is 18.3 Å². The van der Waals surface area contributed by atoms with Gasteiger partial charge in [-0.3, -0.25) is 19.4 Å². The second kappa shape index (κ2) is 7.02. The maximum absolute atomic E-state index is 12.4. The maximum atomic E-state index is 12.4. The van der Waals surface area contributed by atoms with Crippen LogP contribution in [0.25, 0.3) is 11.0 Å². The van der Waals surface area contributed by atoms with Gasteiger partial charge in [-0.1, -0.05) is 19.8 Å². The molecule has 25 heavy (non-hydrogen) atoms. The molecule has 1 amide bonds. The smallest absolute Gasteiger partial charge is 0.276 e. The summed E-state index contributed by atoms with van der Waals surface area (Å²) in [6.45, 7) is 6.11. The van der Waals surface area contributed by atoms with Gasteiger partial charge in [-0.2, -0.15) is 0 Å². The fourth-order valence-corrected chi connectivity index (χ4v) is 4.03.